The summed E-state index contributed by atoms with van der Waals surface area (Å²) in [7, 11) is 3.83. The number of thioether (sulfide) groups is 1. The molecule has 10 heteroatoms. The number of alkyl halides is 1. The molecule has 7 nitrogen and oxygen atoms in total. The Bertz CT molecular complexity index is 1350. The van der Waals surface area contributed by atoms with Crippen LogP contribution in [0, 0.1) is 13.8 Å². The number of carbonyl (C=O) groups is 2. The Morgan fingerprint density at radius 3 is 2.40 bits per heavy atom. The lowest BCUT2D eigenvalue weighted by Gasteiger charge is -2.15. The van der Waals surface area contributed by atoms with Crippen molar-refractivity contribution in [2.45, 2.75) is 76.8 Å². The zero-order valence-electron chi connectivity index (χ0n) is 27.6. The van der Waals surface area contributed by atoms with Gasteiger partial charge in [-0.25, -0.2) is 0 Å². The summed E-state index contributed by atoms with van der Waals surface area (Å²) in [5.41, 5.74) is 6.66. The van der Waals surface area contributed by atoms with Crippen LogP contribution in [0.15, 0.2) is 46.4 Å². The Morgan fingerprint density at radius 1 is 1.24 bits per heavy atom. The highest BCUT2D eigenvalue weighted by molar-refractivity contribution is 7.99. The van der Waals surface area contributed by atoms with Gasteiger partial charge in [0.05, 0.1) is 12.5 Å². The van der Waals surface area contributed by atoms with E-state index in [0.29, 0.717) is 41.7 Å². The summed E-state index contributed by atoms with van der Waals surface area (Å²) in [6.45, 7) is 12.2. The molecule has 0 bridgehead atoms. The highest BCUT2D eigenvalue weighted by Crippen LogP contribution is 2.32. The summed E-state index contributed by atoms with van der Waals surface area (Å²) in [6, 6.07) is 6.82. The number of halogens is 2. The van der Waals surface area contributed by atoms with Crippen molar-refractivity contribution in [1.29, 1.82) is 0 Å². The Kier molecular flexibility index (Phi) is 17.1. The molecule has 1 aromatic carbocycles. The largest absolute Gasteiger partial charge is 0.391 e. The molecule has 1 saturated carbocycles. The van der Waals surface area contributed by atoms with Crippen LogP contribution in [0.2, 0.25) is 0 Å². The smallest absolute Gasteiger partial charge is 0.227 e. The first kappa shape index (κ1) is 38.7. The molecule has 0 radical (unpaired) electrons. The maximum Gasteiger partial charge on any atom is 0.227 e. The summed E-state index contributed by atoms with van der Waals surface area (Å²) < 4.78 is 0. The summed E-state index contributed by atoms with van der Waals surface area (Å²) in [4.78, 5) is 31.1. The summed E-state index contributed by atoms with van der Waals surface area (Å²) in [5.74, 6) is 1.04. The van der Waals surface area contributed by atoms with E-state index < -0.39 is 6.10 Å². The quantitative estimate of drug-likeness (QED) is 0.0618. The molecule has 4 rings (SSSR count). The van der Waals surface area contributed by atoms with Crippen LogP contribution in [0.1, 0.15) is 67.6 Å². The van der Waals surface area contributed by atoms with Crippen molar-refractivity contribution in [3.8, 4) is 0 Å². The van der Waals surface area contributed by atoms with Crippen LogP contribution < -0.4 is 10.6 Å². The molecule has 1 saturated heterocycles. The normalized spacial score (nSPS) is 16.6. The van der Waals surface area contributed by atoms with E-state index in [-0.39, 0.29) is 12.3 Å². The van der Waals surface area contributed by atoms with Crippen molar-refractivity contribution in [2.24, 2.45) is 0 Å². The monoisotopic (exact) mass is 676 g/mol. The van der Waals surface area contributed by atoms with Gasteiger partial charge in [0.2, 0.25) is 5.91 Å². The van der Waals surface area contributed by atoms with Crippen LogP contribution in [0.3, 0.4) is 0 Å². The molecule has 1 aliphatic carbocycles. The predicted octanol–water partition coefficient (Wildman–Crippen LogP) is 7.34. The molecule has 248 valence electrons. The number of nitrogens with zero attached hydrogens (tertiary/aromatic N) is 1. The number of H-pyrrole nitrogens is 1. The minimum atomic E-state index is -0.442. The van der Waals surface area contributed by atoms with Crippen LogP contribution in [-0.4, -0.2) is 78.1 Å². The van der Waals surface area contributed by atoms with Crippen molar-refractivity contribution in [3.05, 3.63) is 69.5 Å². The third-order valence-corrected chi connectivity index (χ3v) is 9.48. The lowest BCUT2D eigenvalue weighted by molar-refractivity contribution is -0.129. The molecular formula is C35H50Cl2N4O3S. The number of aromatic nitrogens is 1. The summed E-state index contributed by atoms with van der Waals surface area (Å²) >= 11 is 13.8. The van der Waals surface area contributed by atoms with Crippen molar-refractivity contribution >= 4 is 64.5 Å². The Balaban J connectivity index is 0.000000678. The van der Waals surface area contributed by atoms with Gasteiger partial charge in [0, 0.05) is 76.0 Å². The van der Waals surface area contributed by atoms with Crippen LogP contribution in [0.25, 0.3) is 11.6 Å². The van der Waals surface area contributed by atoms with Gasteiger partial charge in [-0.05, 0) is 94.5 Å². The lowest BCUT2D eigenvalue weighted by atomic mass is 10.0. The predicted molar refractivity (Wildman–Crippen MR) is 194 cm³/mol. The number of carbonyl (C=O) groups excluding carboxylic acids is 2. The van der Waals surface area contributed by atoms with Gasteiger partial charge in [0.15, 0.2) is 6.29 Å². The zero-order chi connectivity index (χ0) is 33.5. The fourth-order valence-electron chi connectivity index (χ4n) is 4.63. The van der Waals surface area contributed by atoms with Crippen LogP contribution in [0.4, 0.5) is 5.69 Å². The first-order valence-electron chi connectivity index (χ1n) is 15.5. The van der Waals surface area contributed by atoms with Crippen LogP contribution in [-0.2, 0) is 16.0 Å². The molecule has 1 atom stereocenters. The van der Waals surface area contributed by atoms with Gasteiger partial charge in [-0.3, -0.25) is 9.59 Å². The van der Waals surface area contributed by atoms with Crippen molar-refractivity contribution in [2.75, 3.05) is 44.1 Å². The number of aliphatic hydroxyl groups is 1. The number of allylic oxidation sites excluding steroid dienone is 3. The minimum Gasteiger partial charge on any atom is -0.391 e. The number of benzene rings is 1. The number of hydrogen-bond donors (Lipinski definition) is 4. The molecule has 1 aromatic heterocycles. The number of hydrogen-bond acceptors (Lipinski definition) is 6. The Labute approximate surface area is 283 Å². The number of aryl methyl sites for hydroxylation is 1. The highest BCUT2D eigenvalue weighted by Gasteiger charge is 2.26. The average molecular weight is 678 g/mol. The molecule has 1 aliphatic heterocycles. The fraction of sp³-hybridized carbons (Fsp3) is 0.486. The highest BCUT2D eigenvalue weighted by atomic mass is 35.5. The second kappa shape index (κ2) is 19.9. The zero-order valence-corrected chi connectivity index (χ0v) is 29.9. The van der Waals surface area contributed by atoms with Crippen LogP contribution >= 0.6 is 35.0 Å². The number of rotatable bonds is 12. The number of anilines is 1. The first-order valence-corrected chi connectivity index (χ1v) is 17.4. The molecule has 2 fully saturated rings. The number of aldehydes is 1. The Hall–Kier alpha value is -2.49. The SMILES string of the molecule is C=CCC.CNC1CC1.CNc1ccc(SC/C(CCl)=C(/C)Cl)cc1/C(C=O)=C/c1[nH]c(C)c(CC(=O)N2CCC(O)C2)c1C. The Morgan fingerprint density at radius 2 is 1.93 bits per heavy atom. The molecule has 45 heavy (non-hydrogen) atoms. The molecule has 2 aromatic rings. The third kappa shape index (κ3) is 12.3. The number of β-amino-alcohol motifs (C(OH)–C–C–N with tert-alkyl or cyclic N) is 1. The standard InChI is InChI=1S/C27H33Cl2N3O3S.C4H9N.C4H8/c1-16-23(11-27(35)32-8-7-21(34)13-32)18(3)31-26(16)9-19(14-33)24-10-22(5-6-25(24)30-4)36-15-20(12-28)17(2)29;1-5-4-2-3-4;1-3-4-2/h5-6,9-10,14,21,30-31,34H,7-8,11-13,15H2,1-4H3;4-5H,2-3H2,1H3;3H,1,4H2,2H3/b19-9+,20-17-;;. The number of nitrogens with one attached hydrogen (secondary N) is 3. The molecule has 2 heterocycles. The number of aliphatic hydroxyl groups excluding tert-OH is 1. The van der Waals surface area contributed by atoms with E-state index in [1.807, 2.05) is 65.2 Å². The lowest BCUT2D eigenvalue weighted by Crippen LogP contribution is -2.31. The fourth-order valence-corrected chi connectivity index (χ4v) is 6.34. The number of aromatic amines is 1. The van der Waals surface area contributed by atoms with E-state index in [1.54, 1.807) is 16.7 Å². The van der Waals surface area contributed by atoms with Crippen molar-refractivity contribution < 1.29 is 14.7 Å². The summed E-state index contributed by atoms with van der Waals surface area (Å²) in [6.07, 6.45) is 8.88. The minimum absolute atomic E-state index is 0.00244. The van der Waals surface area contributed by atoms with Gasteiger partial charge in [-0.15, -0.1) is 29.9 Å². The number of amides is 1. The van der Waals surface area contributed by atoms with E-state index in [4.69, 9.17) is 23.2 Å². The second-order valence-corrected chi connectivity index (χ2v) is 13.1. The average Bonchev–Trinajstić information content (AvgIpc) is 3.73. The van der Waals surface area contributed by atoms with E-state index >= 15 is 0 Å². The van der Waals surface area contributed by atoms with Gasteiger partial charge < -0.3 is 25.6 Å². The molecule has 0 spiro atoms. The molecule has 1 amide bonds. The van der Waals surface area contributed by atoms with E-state index in [9.17, 15) is 14.7 Å². The maximum absolute atomic E-state index is 12.8. The summed E-state index contributed by atoms with van der Waals surface area (Å²) in [5, 5.41) is 16.8. The molecular weight excluding hydrogens is 627 g/mol. The van der Waals surface area contributed by atoms with Gasteiger partial charge in [0.25, 0.3) is 0 Å². The van der Waals surface area contributed by atoms with E-state index in [0.717, 1.165) is 63.0 Å². The third-order valence-electron chi connectivity index (χ3n) is 7.81. The van der Waals surface area contributed by atoms with Gasteiger partial charge >= 0.3 is 0 Å². The van der Waals surface area contributed by atoms with Crippen molar-refractivity contribution in [1.82, 2.24) is 15.2 Å². The second-order valence-electron chi connectivity index (χ2n) is 11.2. The maximum atomic E-state index is 12.8. The topological polar surface area (TPSA) is 97.5 Å². The number of likely N-dealkylation sites (tertiary alicyclic amines) is 1. The van der Waals surface area contributed by atoms with Gasteiger partial charge in [0.1, 0.15) is 0 Å². The van der Waals surface area contributed by atoms with E-state index in [2.05, 4.69) is 29.1 Å². The first-order chi connectivity index (χ1) is 21.5. The van der Waals surface area contributed by atoms with E-state index in [1.165, 1.54) is 12.8 Å². The molecule has 2 aliphatic rings. The van der Waals surface area contributed by atoms with Crippen LogP contribution in [0.5, 0.6) is 0 Å². The van der Waals surface area contributed by atoms with Gasteiger partial charge in [-0.1, -0.05) is 24.6 Å². The van der Waals surface area contributed by atoms with Crippen molar-refractivity contribution in [3.63, 3.8) is 0 Å². The van der Waals surface area contributed by atoms with Gasteiger partial charge in [-0.2, -0.15) is 0 Å². The molecule has 1 unspecified atom stereocenters. The molecule has 4 N–H and O–H groups in total.